The largest absolute Gasteiger partial charge is 0.304 e. The van der Waals surface area contributed by atoms with Gasteiger partial charge < -0.3 is 4.90 Å². The van der Waals surface area contributed by atoms with Gasteiger partial charge in [0.05, 0.1) is 5.02 Å². The van der Waals surface area contributed by atoms with Gasteiger partial charge in [0.15, 0.2) is 5.78 Å². The Morgan fingerprint density at radius 2 is 2.19 bits per heavy atom. The quantitative estimate of drug-likeness (QED) is 0.722. The molecule has 0 bridgehead atoms. The van der Waals surface area contributed by atoms with Crippen LogP contribution in [0.25, 0.3) is 0 Å². The first-order valence-electron chi connectivity index (χ1n) is 7.82. The van der Waals surface area contributed by atoms with Crippen molar-refractivity contribution in [2.45, 2.75) is 32.2 Å². The minimum atomic E-state index is 0.131. The maximum absolute atomic E-state index is 12.2. The van der Waals surface area contributed by atoms with Crippen molar-refractivity contribution >= 4 is 17.4 Å². The van der Waals surface area contributed by atoms with Gasteiger partial charge in [-0.25, -0.2) is 0 Å². The minimum Gasteiger partial charge on any atom is -0.304 e. The third-order valence-corrected chi connectivity index (χ3v) is 4.65. The van der Waals surface area contributed by atoms with Gasteiger partial charge in [0.2, 0.25) is 0 Å². The summed E-state index contributed by atoms with van der Waals surface area (Å²) in [6.07, 6.45) is 3.10. The van der Waals surface area contributed by atoms with Crippen LogP contribution in [0.2, 0.25) is 5.02 Å². The van der Waals surface area contributed by atoms with Gasteiger partial charge in [-0.1, -0.05) is 30.7 Å². The molecule has 116 valence electrons. The maximum atomic E-state index is 12.2. The number of halogens is 1. The number of ketones is 1. The van der Waals surface area contributed by atoms with Crippen molar-refractivity contribution in [1.29, 1.82) is 0 Å². The number of carbonyl (C=O) groups excluding carboxylic acids is 1. The minimum absolute atomic E-state index is 0.131. The topological polar surface area (TPSA) is 23.6 Å². The van der Waals surface area contributed by atoms with Crippen LogP contribution in [-0.2, 0) is 0 Å². The Labute approximate surface area is 132 Å². The lowest BCUT2D eigenvalue weighted by molar-refractivity contribution is 0.0963. The van der Waals surface area contributed by atoms with E-state index in [1.54, 1.807) is 12.1 Å². The van der Waals surface area contributed by atoms with E-state index in [2.05, 4.69) is 23.8 Å². The highest BCUT2D eigenvalue weighted by atomic mass is 35.5. The highest BCUT2D eigenvalue weighted by Gasteiger charge is 2.24. The Hall–Kier alpha value is -0.900. The molecule has 4 heteroatoms. The summed E-state index contributed by atoms with van der Waals surface area (Å²) in [7, 11) is 2.10. The summed E-state index contributed by atoms with van der Waals surface area (Å²) < 4.78 is 0. The molecule has 1 atom stereocenters. The van der Waals surface area contributed by atoms with Crippen LogP contribution in [0.3, 0.4) is 0 Å². The Morgan fingerprint density at radius 3 is 2.90 bits per heavy atom. The Kier molecular flexibility index (Phi) is 6.22. The van der Waals surface area contributed by atoms with E-state index in [9.17, 15) is 4.79 Å². The molecule has 0 saturated carbocycles. The number of Topliss-reactive ketones (excluding diaryl/α,β-unsaturated/α-hetero) is 1. The summed E-state index contributed by atoms with van der Waals surface area (Å²) >= 11 is 6.07. The molecule has 1 unspecified atom stereocenters. The average molecular weight is 309 g/mol. The third-order valence-electron chi connectivity index (χ3n) is 4.32. The molecule has 3 nitrogen and oxygen atoms in total. The van der Waals surface area contributed by atoms with E-state index in [4.69, 9.17) is 11.6 Å². The summed E-state index contributed by atoms with van der Waals surface area (Å²) in [5.41, 5.74) is 0.642. The van der Waals surface area contributed by atoms with Crippen molar-refractivity contribution in [3.63, 3.8) is 0 Å². The molecular formula is C17H25ClN2O. The average Bonchev–Trinajstić information content (AvgIpc) is 2.92. The summed E-state index contributed by atoms with van der Waals surface area (Å²) in [5.74, 6) is 0.131. The fourth-order valence-electron chi connectivity index (χ4n) is 3.08. The first-order valence-corrected chi connectivity index (χ1v) is 8.20. The van der Waals surface area contributed by atoms with Crippen molar-refractivity contribution in [1.82, 2.24) is 9.80 Å². The summed E-state index contributed by atoms with van der Waals surface area (Å²) in [4.78, 5) is 17.0. The molecule has 1 saturated heterocycles. The lowest BCUT2D eigenvalue weighted by atomic mass is 10.1. The lowest BCUT2D eigenvalue weighted by Gasteiger charge is -2.27. The number of nitrogens with zero attached hydrogens (tertiary/aromatic N) is 2. The van der Waals surface area contributed by atoms with Gasteiger partial charge in [-0.3, -0.25) is 9.69 Å². The molecule has 1 heterocycles. The normalized spacial score (nSPS) is 19.3. The predicted octanol–water partition coefficient (Wildman–Crippen LogP) is 3.33. The Bertz CT molecular complexity index is 478. The van der Waals surface area contributed by atoms with Gasteiger partial charge in [0.1, 0.15) is 0 Å². The molecule has 2 rings (SSSR count). The number of carbonyl (C=O) groups is 1. The van der Waals surface area contributed by atoms with Crippen molar-refractivity contribution in [3.05, 3.63) is 34.9 Å². The first-order chi connectivity index (χ1) is 10.1. The molecular weight excluding hydrogens is 284 g/mol. The van der Waals surface area contributed by atoms with Gasteiger partial charge >= 0.3 is 0 Å². The van der Waals surface area contributed by atoms with E-state index in [1.165, 1.54) is 19.4 Å². The van der Waals surface area contributed by atoms with Crippen LogP contribution in [0, 0.1) is 0 Å². The number of hydrogen-bond acceptors (Lipinski definition) is 3. The Morgan fingerprint density at radius 1 is 1.43 bits per heavy atom. The number of likely N-dealkylation sites (tertiary alicyclic amines) is 1. The maximum Gasteiger partial charge on any atom is 0.165 e. The van der Waals surface area contributed by atoms with Gasteiger partial charge in [-0.15, -0.1) is 0 Å². The monoisotopic (exact) mass is 308 g/mol. The van der Waals surface area contributed by atoms with Crippen LogP contribution >= 0.6 is 11.6 Å². The molecule has 0 N–H and O–H groups in total. The molecule has 0 amide bonds. The van der Waals surface area contributed by atoms with Crippen molar-refractivity contribution < 1.29 is 4.79 Å². The van der Waals surface area contributed by atoms with Gasteiger partial charge in [0.25, 0.3) is 0 Å². The summed E-state index contributed by atoms with van der Waals surface area (Å²) in [6.45, 7) is 6.39. The molecule has 0 aliphatic carbocycles. The fraction of sp³-hybridized carbons (Fsp3) is 0.588. The standard InChI is InChI=1S/C17H25ClN2O/c1-3-20-11-6-7-14(20)13-19(2)12-10-17(21)15-8-4-5-9-16(15)18/h4-5,8-9,14H,3,6-7,10-13H2,1-2H3. The lowest BCUT2D eigenvalue weighted by Crippen LogP contribution is -2.39. The number of likely N-dealkylation sites (N-methyl/N-ethyl adjacent to an activating group) is 2. The number of benzene rings is 1. The van der Waals surface area contributed by atoms with Crippen LogP contribution in [0.1, 0.15) is 36.5 Å². The second-order valence-corrected chi connectivity index (χ2v) is 6.25. The van der Waals surface area contributed by atoms with Gasteiger partial charge in [0, 0.05) is 31.1 Å². The van der Waals surface area contributed by atoms with Gasteiger partial charge in [-0.05, 0) is 45.1 Å². The molecule has 0 spiro atoms. The first kappa shape index (κ1) is 16.5. The van der Waals surface area contributed by atoms with E-state index in [0.29, 0.717) is 23.0 Å². The molecule has 1 fully saturated rings. The second kappa shape index (κ2) is 7.92. The van der Waals surface area contributed by atoms with Crippen LogP contribution in [0.5, 0.6) is 0 Å². The van der Waals surface area contributed by atoms with E-state index in [0.717, 1.165) is 19.6 Å². The Balaban J connectivity index is 1.80. The molecule has 0 aromatic heterocycles. The SMILES string of the molecule is CCN1CCCC1CN(C)CCC(=O)c1ccccc1Cl. The van der Waals surface area contributed by atoms with E-state index < -0.39 is 0 Å². The van der Waals surface area contributed by atoms with Crippen LogP contribution in [0.4, 0.5) is 0 Å². The fourth-order valence-corrected chi connectivity index (χ4v) is 3.32. The zero-order valence-electron chi connectivity index (χ0n) is 13.0. The smallest absolute Gasteiger partial charge is 0.165 e. The third kappa shape index (κ3) is 4.53. The van der Waals surface area contributed by atoms with Crippen molar-refractivity contribution in [2.75, 3.05) is 33.2 Å². The number of rotatable bonds is 7. The zero-order chi connectivity index (χ0) is 15.2. The highest BCUT2D eigenvalue weighted by Crippen LogP contribution is 2.19. The molecule has 1 aromatic rings. The second-order valence-electron chi connectivity index (χ2n) is 5.84. The zero-order valence-corrected chi connectivity index (χ0v) is 13.8. The van der Waals surface area contributed by atoms with Crippen LogP contribution in [0.15, 0.2) is 24.3 Å². The molecule has 1 aliphatic heterocycles. The van der Waals surface area contributed by atoms with Crippen LogP contribution < -0.4 is 0 Å². The van der Waals surface area contributed by atoms with Gasteiger partial charge in [-0.2, -0.15) is 0 Å². The van der Waals surface area contributed by atoms with Crippen LogP contribution in [-0.4, -0.2) is 54.9 Å². The van der Waals surface area contributed by atoms with Crippen molar-refractivity contribution in [2.24, 2.45) is 0 Å². The number of hydrogen-bond donors (Lipinski definition) is 0. The highest BCUT2D eigenvalue weighted by molar-refractivity contribution is 6.33. The predicted molar refractivity (Wildman–Crippen MR) is 88.2 cm³/mol. The molecule has 1 aromatic carbocycles. The van der Waals surface area contributed by atoms with Crippen molar-refractivity contribution in [3.8, 4) is 0 Å². The molecule has 0 radical (unpaired) electrons. The molecule has 1 aliphatic rings. The van der Waals surface area contributed by atoms with E-state index in [1.807, 2.05) is 12.1 Å². The van der Waals surface area contributed by atoms with E-state index in [-0.39, 0.29) is 5.78 Å². The van der Waals surface area contributed by atoms with E-state index >= 15 is 0 Å². The molecule has 21 heavy (non-hydrogen) atoms. The summed E-state index contributed by atoms with van der Waals surface area (Å²) in [6, 6.07) is 7.94. The summed E-state index contributed by atoms with van der Waals surface area (Å²) in [5, 5.41) is 0.554.